The van der Waals surface area contributed by atoms with Crippen LogP contribution in [0.5, 0.6) is 0 Å². The number of carbonyl (C=O) groups is 1. The Labute approximate surface area is 104 Å². The second kappa shape index (κ2) is 4.66. The molecular formula is C10H16N4O2S. The highest BCUT2D eigenvalue weighted by atomic mass is 32.2. The highest BCUT2D eigenvalue weighted by Gasteiger charge is 2.29. The van der Waals surface area contributed by atoms with Crippen LogP contribution in [0.3, 0.4) is 0 Å². The van der Waals surface area contributed by atoms with Crippen molar-refractivity contribution in [2.75, 3.05) is 11.6 Å². The Morgan fingerprint density at radius 2 is 2.24 bits per heavy atom. The molecular weight excluding hydrogens is 240 g/mol. The SMILES string of the molecule is CC(C)(C)OC(=O)c1n[nH]nc1C1CSCN1. The molecule has 0 aliphatic carbocycles. The average molecular weight is 256 g/mol. The lowest BCUT2D eigenvalue weighted by atomic mass is 10.1. The van der Waals surface area contributed by atoms with Gasteiger partial charge in [0, 0.05) is 11.6 Å². The molecule has 0 saturated carbocycles. The zero-order valence-corrected chi connectivity index (χ0v) is 10.9. The summed E-state index contributed by atoms with van der Waals surface area (Å²) in [6, 6.07) is 0.0706. The van der Waals surface area contributed by atoms with Gasteiger partial charge >= 0.3 is 5.97 Å². The zero-order chi connectivity index (χ0) is 12.5. The number of thioether (sulfide) groups is 1. The van der Waals surface area contributed by atoms with Gasteiger partial charge in [-0.2, -0.15) is 10.3 Å². The Bertz CT molecular complexity index is 407. The first-order chi connectivity index (χ1) is 7.97. The summed E-state index contributed by atoms with van der Waals surface area (Å²) in [5.41, 5.74) is 0.398. The van der Waals surface area contributed by atoms with E-state index in [0.29, 0.717) is 5.69 Å². The van der Waals surface area contributed by atoms with E-state index in [2.05, 4.69) is 20.7 Å². The minimum absolute atomic E-state index is 0.0706. The van der Waals surface area contributed by atoms with Crippen molar-refractivity contribution < 1.29 is 9.53 Å². The molecule has 1 aliphatic rings. The van der Waals surface area contributed by atoms with E-state index in [1.54, 1.807) is 11.8 Å². The lowest BCUT2D eigenvalue weighted by molar-refractivity contribution is 0.00610. The topological polar surface area (TPSA) is 79.9 Å². The van der Waals surface area contributed by atoms with Crippen molar-refractivity contribution in [3.63, 3.8) is 0 Å². The summed E-state index contributed by atoms with van der Waals surface area (Å²) in [6.45, 7) is 5.48. The molecule has 1 aromatic heterocycles. The number of hydrogen-bond acceptors (Lipinski definition) is 6. The number of hydrogen-bond donors (Lipinski definition) is 2. The number of H-pyrrole nitrogens is 1. The van der Waals surface area contributed by atoms with Crippen LogP contribution in [0.2, 0.25) is 0 Å². The molecule has 0 bridgehead atoms. The van der Waals surface area contributed by atoms with Gasteiger partial charge in [0.2, 0.25) is 0 Å². The number of carbonyl (C=O) groups excluding carboxylic acids is 1. The third-order valence-corrected chi connectivity index (χ3v) is 3.15. The molecule has 0 radical (unpaired) electrons. The molecule has 1 aliphatic heterocycles. The molecule has 6 nitrogen and oxygen atoms in total. The Kier molecular flexibility index (Phi) is 3.39. The van der Waals surface area contributed by atoms with Crippen molar-refractivity contribution in [3.8, 4) is 0 Å². The largest absolute Gasteiger partial charge is 0.455 e. The molecule has 1 saturated heterocycles. The second-order valence-corrected chi connectivity index (χ2v) is 5.86. The summed E-state index contributed by atoms with van der Waals surface area (Å²) >= 11 is 1.77. The number of ether oxygens (including phenoxy) is 1. The number of rotatable bonds is 2. The molecule has 0 amide bonds. The Morgan fingerprint density at radius 1 is 1.47 bits per heavy atom. The molecule has 0 aromatic carbocycles. The number of aromatic amines is 1. The van der Waals surface area contributed by atoms with Crippen molar-refractivity contribution in [1.82, 2.24) is 20.7 Å². The molecule has 1 unspecified atom stereocenters. The second-order valence-electron chi connectivity index (χ2n) is 4.83. The van der Waals surface area contributed by atoms with Gasteiger partial charge in [-0.1, -0.05) is 0 Å². The van der Waals surface area contributed by atoms with Gasteiger partial charge in [-0.05, 0) is 20.8 Å². The summed E-state index contributed by atoms with van der Waals surface area (Å²) in [5.74, 6) is 1.33. The third kappa shape index (κ3) is 2.98. The molecule has 2 heterocycles. The Morgan fingerprint density at radius 3 is 2.82 bits per heavy atom. The van der Waals surface area contributed by atoms with Crippen molar-refractivity contribution >= 4 is 17.7 Å². The van der Waals surface area contributed by atoms with E-state index >= 15 is 0 Å². The van der Waals surface area contributed by atoms with Gasteiger partial charge in [0.05, 0.1) is 6.04 Å². The summed E-state index contributed by atoms with van der Waals surface area (Å²) in [6.07, 6.45) is 0. The number of aromatic nitrogens is 3. The van der Waals surface area contributed by atoms with Gasteiger partial charge in [0.1, 0.15) is 11.3 Å². The summed E-state index contributed by atoms with van der Waals surface area (Å²) < 4.78 is 5.29. The van der Waals surface area contributed by atoms with E-state index in [-0.39, 0.29) is 11.7 Å². The Balaban J connectivity index is 2.15. The molecule has 1 aromatic rings. The average Bonchev–Trinajstić information content (AvgIpc) is 2.85. The van der Waals surface area contributed by atoms with Gasteiger partial charge in [-0.15, -0.1) is 16.9 Å². The van der Waals surface area contributed by atoms with Crippen LogP contribution in [0, 0.1) is 0 Å². The summed E-state index contributed by atoms with van der Waals surface area (Å²) in [4.78, 5) is 11.9. The van der Waals surface area contributed by atoms with Gasteiger partial charge < -0.3 is 4.74 Å². The van der Waals surface area contributed by atoms with Gasteiger partial charge in [0.25, 0.3) is 0 Å². The maximum absolute atomic E-state index is 11.9. The quantitative estimate of drug-likeness (QED) is 0.771. The van der Waals surface area contributed by atoms with Crippen LogP contribution in [0.15, 0.2) is 0 Å². The maximum Gasteiger partial charge on any atom is 0.361 e. The van der Waals surface area contributed by atoms with Crippen LogP contribution < -0.4 is 5.32 Å². The highest BCUT2D eigenvalue weighted by Crippen LogP contribution is 2.25. The van der Waals surface area contributed by atoms with Crippen molar-refractivity contribution in [3.05, 3.63) is 11.4 Å². The first-order valence-electron chi connectivity index (χ1n) is 5.42. The predicted molar refractivity (Wildman–Crippen MR) is 64.8 cm³/mol. The smallest absolute Gasteiger partial charge is 0.361 e. The van der Waals surface area contributed by atoms with Crippen molar-refractivity contribution in [2.24, 2.45) is 0 Å². The van der Waals surface area contributed by atoms with E-state index in [1.807, 2.05) is 20.8 Å². The Hall–Kier alpha value is -1.08. The number of nitrogens with one attached hydrogen (secondary N) is 2. The molecule has 1 atom stereocenters. The summed E-state index contributed by atoms with van der Waals surface area (Å²) in [5, 5.41) is 13.7. The van der Waals surface area contributed by atoms with E-state index in [9.17, 15) is 4.79 Å². The fraction of sp³-hybridized carbons (Fsp3) is 0.700. The summed E-state index contributed by atoms with van der Waals surface area (Å²) in [7, 11) is 0. The highest BCUT2D eigenvalue weighted by molar-refractivity contribution is 7.99. The minimum atomic E-state index is -0.523. The fourth-order valence-electron chi connectivity index (χ4n) is 1.53. The lowest BCUT2D eigenvalue weighted by Gasteiger charge is -2.19. The molecule has 1 fully saturated rings. The first-order valence-corrected chi connectivity index (χ1v) is 6.58. The zero-order valence-electron chi connectivity index (χ0n) is 10.1. The van der Waals surface area contributed by atoms with E-state index in [4.69, 9.17) is 4.74 Å². The van der Waals surface area contributed by atoms with E-state index in [0.717, 1.165) is 11.6 Å². The normalized spacial score (nSPS) is 20.5. The van der Waals surface area contributed by atoms with Crippen LogP contribution >= 0.6 is 11.8 Å². The first kappa shape index (κ1) is 12.4. The molecule has 2 N–H and O–H groups in total. The molecule has 2 rings (SSSR count). The number of esters is 1. The molecule has 17 heavy (non-hydrogen) atoms. The lowest BCUT2D eigenvalue weighted by Crippen LogP contribution is -2.26. The van der Waals surface area contributed by atoms with Crippen LogP contribution in [0.1, 0.15) is 43.0 Å². The predicted octanol–water partition coefficient (Wildman–Crippen LogP) is 1.09. The molecule has 7 heteroatoms. The fourth-order valence-corrected chi connectivity index (χ4v) is 2.48. The molecule has 0 spiro atoms. The van der Waals surface area contributed by atoms with Gasteiger partial charge in [-0.25, -0.2) is 4.79 Å². The maximum atomic E-state index is 11.9. The minimum Gasteiger partial charge on any atom is -0.455 e. The van der Waals surface area contributed by atoms with Gasteiger partial charge in [0.15, 0.2) is 5.69 Å². The van der Waals surface area contributed by atoms with E-state index in [1.165, 1.54) is 0 Å². The molecule has 94 valence electrons. The van der Waals surface area contributed by atoms with Crippen molar-refractivity contribution in [2.45, 2.75) is 32.4 Å². The van der Waals surface area contributed by atoms with E-state index < -0.39 is 11.6 Å². The van der Waals surface area contributed by atoms with Crippen LogP contribution in [0.25, 0.3) is 0 Å². The van der Waals surface area contributed by atoms with Crippen molar-refractivity contribution in [1.29, 1.82) is 0 Å². The monoisotopic (exact) mass is 256 g/mol. The third-order valence-electron chi connectivity index (χ3n) is 2.21. The standard InChI is InChI=1S/C10H16N4O2S/c1-10(2,3)16-9(15)8-7(12-14-13-8)6-4-17-5-11-6/h6,11H,4-5H2,1-3H3,(H,12,13,14). The van der Waals surface area contributed by atoms with Gasteiger partial charge in [-0.3, -0.25) is 5.32 Å². The number of nitrogens with zero attached hydrogens (tertiary/aromatic N) is 2. The van der Waals surface area contributed by atoms with Crippen LogP contribution in [-0.2, 0) is 4.74 Å². The van der Waals surface area contributed by atoms with Crippen LogP contribution in [0.4, 0.5) is 0 Å². The van der Waals surface area contributed by atoms with Crippen LogP contribution in [-0.4, -0.2) is 38.6 Å².